The molecule has 0 aliphatic heterocycles. The van der Waals surface area contributed by atoms with E-state index in [1.807, 2.05) is 30.3 Å². The van der Waals surface area contributed by atoms with Gasteiger partial charge < -0.3 is 10.6 Å². The summed E-state index contributed by atoms with van der Waals surface area (Å²) in [5, 5.41) is 6.21. The standard InChI is InChI=1S/C14H20N2O/c17-14(16-13-9-5-2-6-10-13)11-15-12-7-3-1-4-8-12/h1,3-4,7-8,13,15H,2,5-6,9-11H2,(H,16,17). The third-order valence-corrected chi connectivity index (χ3v) is 3.20. The van der Waals surface area contributed by atoms with Crippen LogP contribution in [0.15, 0.2) is 30.3 Å². The molecule has 2 N–H and O–H groups in total. The van der Waals surface area contributed by atoms with Crippen LogP contribution in [-0.2, 0) is 4.79 Å². The fourth-order valence-electron chi connectivity index (χ4n) is 2.26. The first-order valence-electron chi connectivity index (χ1n) is 6.43. The average Bonchev–Trinajstić information content (AvgIpc) is 2.39. The summed E-state index contributed by atoms with van der Waals surface area (Å²) in [6.45, 7) is 0.362. The largest absolute Gasteiger partial charge is 0.376 e. The molecule has 1 amide bonds. The fourth-order valence-corrected chi connectivity index (χ4v) is 2.26. The molecule has 1 saturated carbocycles. The lowest BCUT2D eigenvalue weighted by Crippen LogP contribution is -2.39. The predicted octanol–water partition coefficient (Wildman–Crippen LogP) is 2.55. The van der Waals surface area contributed by atoms with Crippen molar-refractivity contribution in [3.8, 4) is 0 Å². The van der Waals surface area contributed by atoms with E-state index < -0.39 is 0 Å². The number of benzene rings is 1. The summed E-state index contributed by atoms with van der Waals surface area (Å²) < 4.78 is 0. The second-order valence-electron chi connectivity index (χ2n) is 4.62. The predicted molar refractivity (Wildman–Crippen MR) is 69.9 cm³/mol. The van der Waals surface area contributed by atoms with Crippen LogP contribution in [0.5, 0.6) is 0 Å². The second-order valence-corrected chi connectivity index (χ2v) is 4.62. The first kappa shape index (κ1) is 12.0. The molecular formula is C14H20N2O. The lowest BCUT2D eigenvalue weighted by molar-refractivity contribution is -0.120. The molecule has 1 aliphatic carbocycles. The van der Waals surface area contributed by atoms with Crippen LogP contribution < -0.4 is 10.6 Å². The lowest BCUT2D eigenvalue weighted by atomic mass is 9.95. The molecule has 1 aromatic rings. The Kier molecular flexibility index (Phi) is 4.42. The van der Waals surface area contributed by atoms with Crippen LogP contribution in [0.2, 0.25) is 0 Å². The maximum Gasteiger partial charge on any atom is 0.239 e. The van der Waals surface area contributed by atoms with E-state index in [-0.39, 0.29) is 5.91 Å². The van der Waals surface area contributed by atoms with E-state index in [0.717, 1.165) is 18.5 Å². The topological polar surface area (TPSA) is 41.1 Å². The van der Waals surface area contributed by atoms with E-state index in [9.17, 15) is 4.79 Å². The molecule has 3 nitrogen and oxygen atoms in total. The Bertz CT molecular complexity index is 344. The third kappa shape index (κ3) is 4.10. The lowest BCUT2D eigenvalue weighted by Gasteiger charge is -2.22. The third-order valence-electron chi connectivity index (χ3n) is 3.20. The number of hydrogen-bond acceptors (Lipinski definition) is 2. The van der Waals surface area contributed by atoms with E-state index in [0.29, 0.717) is 12.6 Å². The molecule has 0 spiro atoms. The van der Waals surface area contributed by atoms with E-state index in [1.165, 1.54) is 19.3 Å². The molecule has 0 radical (unpaired) electrons. The number of carbonyl (C=O) groups excluding carboxylic acids is 1. The minimum absolute atomic E-state index is 0.0979. The molecule has 0 heterocycles. The number of anilines is 1. The zero-order valence-electron chi connectivity index (χ0n) is 10.1. The Balaban J connectivity index is 1.70. The number of nitrogens with one attached hydrogen (secondary N) is 2. The average molecular weight is 232 g/mol. The van der Waals surface area contributed by atoms with Gasteiger partial charge in [-0.15, -0.1) is 0 Å². The van der Waals surface area contributed by atoms with Gasteiger partial charge in [-0.1, -0.05) is 37.5 Å². The first-order chi connectivity index (χ1) is 8.34. The summed E-state index contributed by atoms with van der Waals surface area (Å²) in [4.78, 5) is 11.7. The summed E-state index contributed by atoms with van der Waals surface area (Å²) in [6, 6.07) is 10.2. The molecule has 0 atom stereocenters. The summed E-state index contributed by atoms with van der Waals surface area (Å²) in [7, 11) is 0. The Hall–Kier alpha value is -1.51. The Morgan fingerprint density at radius 2 is 1.82 bits per heavy atom. The van der Waals surface area contributed by atoms with E-state index in [2.05, 4.69) is 10.6 Å². The van der Waals surface area contributed by atoms with E-state index >= 15 is 0 Å². The van der Waals surface area contributed by atoms with Crippen LogP contribution >= 0.6 is 0 Å². The van der Waals surface area contributed by atoms with Crippen molar-refractivity contribution in [3.63, 3.8) is 0 Å². The van der Waals surface area contributed by atoms with Gasteiger partial charge in [-0.25, -0.2) is 0 Å². The minimum Gasteiger partial charge on any atom is -0.376 e. The molecule has 92 valence electrons. The van der Waals surface area contributed by atoms with Gasteiger partial charge in [-0.05, 0) is 25.0 Å². The fraction of sp³-hybridized carbons (Fsp3) is 0.500. The van der Waals surface area contributed by atoms with E-state index in [4.69, 9.17) is 0 Å². The molecular weight excluding hydrogens is 212 g/mol. The van der Waals surface area contributed by atoms with E-state index in [1.54, 1.807) is 0 Å². The van der Waals surface area contributed by atoms with Gasteiger partial charge in [0.1, 0.15) is 0 Å². The van der Waals surface area contributed by atoms with Gasteiger partial charge in [-0.3, -0.25) is 4.79 Å². The Morgan fingerprint density at radius 3 is 2.53 bits per heavy atom. The number of carbonyl (C=O) groups is 1. The molecule has 1 aromatic carbocycles. The number of rotatable bonds is 4. The van der Waals surface area contributed by atoms with Crippen molar-refractivity contribution < 1.29 is 4.79 Å². The second kappa shape index (κ2) is 6.28. The van der Waals surface area contributed by atoms with Crippen LogP contribution in [0, 0.1) is 0 Å². The minimum atomic E-state index is 0.0979. The van der Waals surface area contributed by atoms with Gasteiger partial charge in [0.2, 0.25) is 5.91 Å². The smallest absolute Gasteiger partial charge is 0.239 e. The zero-order valence-corrected chi connectivity index (χ0v) is 10.1. The van der Waals surface area contributed by atoms with Gasteiger partial charge in [-0.2, -0.15) is 0 Å². The van der Waals surface area contributed by atoms with Crippen molar-refractivity contribution in [1.82, 2.24) is 5.32 Å². The highest BCUT2D eigenvalue weighted by Gasteiger charge is 2.15. The van der Waals surface area contributed by atoms with Crippen molar-refractivity contribution in [2.75, 3.05) is 11.9 Å². The molecule has 0 unspecified atom stereocenters. The van der Waals surface area contributed by atoms with Crippen LogP contribution in [0.1, 0.15) is 32.1 Å². The number of para-hydroxylation sites is 1. The molecule has 1 aliphatic rings. The molecule has 0 saturated heterocycles. The quantitative estimate of drug-likeness (QED) is 0.837. The highest BCUT2D eigenvalue weighted by Crippen LogP contribution is 2.17. The number of hydrogen-bond donors (Lipinski definition) is 2. The van der Waals surface area contributed by atoms with Crippen molar-refractivity contribution >= 4 is 11.6 Å². The zero-order chi connectivity index (χ0) is 11.9. The normalized spacial score (nSPS) is 16.5. The molecule has 0 bridgehead atoms. The monoisotopic (exact) mass is 232 g/mol. The van der Waals surface area contributed by atoms with Crippen LogP contribution in [-0.4, -0.2) is 18.5 Å². The van der Waals surface area contributed by atoms with Crippen LogP contribution in [0.3, 0.4) is 0 Å². The molecule has 17 heavy (non-hydrogen) atoms. The summed E-state index contributed by atoms with van der Waals surface area (Å²) >= 11 is 0. The van der Waals surface area contributed by atoms with Gasteiger partial charge >= 0.3 is 0 Å². The van der Waals surface area contributed by atoms with Crippen molar-refractivity contribution in [1.29, 1.82) is 0 Å². The van der Waals surface area contributed by atoms with Crippen LogP contribution in [0.4, 0.5) is 5.69 Å². The Morgan fingerprint density at radius 1 is 1.12 bits per heavy atom. The SMILES string of the molecule is O=C(CNc1ccccc1)NC1CCCCC1. The maximum absolute atomic E-state index is 11.7. The highest BCUT2D eigenvalue weighted by molar-refractivity contribution is 5.80. The van der Waals surface area contributed by atoms with Crippen molar-refractivity contribution in [2.24, 2.45) is 0 Å². The molecule has 3 heteroatoms. The maximum atomic E-state index is 11.7. The number of amides is 1. The summed E-state index contributed by atoms with van der Waals surface area (Å²) in [6.07, 6.45) is 6.08. The molecule has 0 aromatic heterocycles. The van der Waals surface area contributed by atoms with Crippen LogP contribution in [0.25, 0.3) is 0 Å². The van der Waals surface area contributed by atoms with Gasteiger partial charge in [0.25, 0.3) is 0 Å². The van der Waals surface area contributed by atoms with Gasteiger partial charge in [0.05, 0.1) is 6.54 Å². The molecule has 1 fully saturated rings. The van der Waals surface area contributed by atoms with Crippen molar-refractivity contribution in [3.05, 3.63) is 30.3 Å². The summed E-state index contributed by atoms with van der Waals surface area (Å²) in [5.74, 6) is 0.0979. The van der Waals surface area contributed by atoms with Gasteiger partial charge in [0, 0.05) is 11.7 Å². The van der Waals surface area contributed by atoms with Crippen molar-refractivity contribution in [2.45, 2.75) is 38.1 Å². The highest BCUT2D eigenvalue weighted by atomic mass is 16.1. The summed E-state index contributed by atoms with van der Waals surface area (Å²) in [5.41, 5.74) is 0.992. The van der Waals surface area contributed by atoms with Gasteiger partial charge in [0.15, 0.2) is 0 Å². The Labute approximate surface area is 103 Å². The molecule has 2 rings (SSSR count). The first-order valence-corrected chi connectivity index (χ1v) is 6.43.